The monoisotopic (exact) mass is 352 g/mol. The normalized spacial score (nSPS) is 16.1. The third-order valence-corrected chi connectivity index (χ3v) is 5.07. The van der Waals surface area contributed by atoms with Gasteiger partial charge >= 0.3 is 0 Å². The second kappa shape index (κ2) is 8.86. The molecule has 0 aliphatic carbocycles. The highest BCUT2D eigenvalue weighted by atomic mass is 16.5. The summed E-state index contributed by atoms with van der Waals surface area (Å²) in [6.07, 6.45) is 3.94. The lowest BCUT2D eigenvalue weighted by Crippen LogP contribution is -2.33. The molecule has 0 radical (unpaired) electrons. The van der Waals surface area contributed by atoms with Gasteiger partial charge in [0.25, 0.3) is 5.91 Å². The van der Waals surface area contributed by atoms with E-state index in [9.17, 15) is 4.79 Å². The molecule has 0 bridgehead atoms. The number of anilines is 1. The zero-order chi connectivity index (χ0) is 18.4. The van der Waals surface area contributed by atoms with Crippen molar-refractivity contribution in [3.05, 3.63) is 59.7 Å². The van der Waals surface area contributed by atoms with Gasteiger partial charge in [-0.1, -0.05) is 31.5 Å². The summed E-state index contributed by atoms with van der Waals surface area (Å²) in [5.41, 5.74) is 2.72. The fourth-order valence-corrected chi connectivity index (χ4v) is 3.61. The van der Waals surface area contributed by atoms with Crippen molar-refractivity contribution >= 4 is 11.6 Å². The number of nitrogens with zero attached hydrogens (tertiary/aromatic N) is 1. The quantitative estimate of drug-likeness (QED) is 0.830. The van der Waals surface area contributed by atoms with E-state index in [0.717, 1.165) is 18.0 Å². The van der Waals surface area contributed by atoms with Gasteiger partial charge in [0.15, 0.2) is 0 Å². The number of para-hydroxylation sites is 1. The minimum Gasteiger partial charge on any atom is -0.497 e. The molecule has 3 rings (SSSR count). The lowest BCUT2D eigenvalue weighted by atomic mass is 9.97. The first-order chi connectivity index (χ1) is 12.7. The van der Waals surface area contributed by atoms with Crippen molar-refractivity contribution in [1.29, 1.82) is 0 Å². The maximum atomic E-state index is 12.6. The van der Waals surface area contributed by atoms with Crippen LogP contribution in [-0.2, 0) is 0 Å². The summed E-state index contributed by atoms with van der Waals surface area (Å²) in [6, 6.07) is 15.3. The van der Waals surface area contributed by atoms with E-state index in [1.807, 2.05) is 18.2 Å². The van der Waals surface area contributed by atoms with Crippen molar-refractivity contribution in [3.63, 3.8) is 0 Å². The highest BCUT2D eigenvalue weighted by Crippen LogP contribution is 2.26. The highest BCUT2D eigenvalue weighted by molar-refractivity contribution is 6.04. The molecule has 1 fully saturated rings. The fourth-order valence-electron chi connectivity index (χ4n) is 3.61. The summed E-state index contributed by atoms with van der Waals surface area (Å²) in [5, 5.41) is 3.08. The fraction of sp³-hybridized carbons (Fsp3) is 0.409. The van der Waals surface area contributed by atoms with Crippen LogP contribution in [-0.4, -0.2) is 37.6 Å². The average Bonchev–Trinajstić information content (AvgIpc) is 2.69. The molecule has 1 N–H and O–H groups in total. The van der Waals surface area contributed by atoms with Gasteiger partial charge in [-0.25, -0.2) is 0 Å². The molecule has 1 saturated heterocycles. The standard InChI is InChI=1S/C22H28N2O2/c1-17(16-24-14-6-3-7-15-24)20-8-4-5-9-21(20)23-22(25)18-10-12-19(26-2)13-11-18/h4-5,8-13,17H,3,6-7,14-16H2,1-2H3,(H,23,25)/t17-/m1/s1. The Morgan fingerprint density at radius 1 is 1.08 bits per heavy atom. The Kier molecular flexibility index (Phi) is 6.29. The molecule has 1 aliphatic rings. The van der Waals surface area contributed by atoms with Crippen LogP contribution in [0.15, 0.2) is 48.5 Å². The number of nitrogens with one attached hydrogen (secondary N) is 1. The van der Waals surface area contributed by atoms with E-state index in [4.69, 9.17) is 4.74 Å². The van der Waals surface area contributed by atoms with E-state index >= 15 is 0 Å². The van der Waals surface area contributed by atoms with Gasteiger partial charge in [0.05, 0.1) is 7.11 Å². The maximum Gasteiger partial charge on any atom is 0.255 e. The first-order valence-electron chi connectivity index (χ1n) is 9.44. The molecule has 4 nitrogen and oxygen atoms in total. The number of hydrogen-bond donors (Lipinski definition) is 1. The zero-order valence-corrected chi connectivity index (χ0v) is 15.7. The van der Waals surface area contributed by atoms with Crippen molar-refractivity contribution in [2.75, 3.05) is 32.1 Å². The first kappa shape index (κ1) is 18.5. The van der Waals surface area contributed by atoms with E-state index in [-0.39, 0.29) is 5.91 Å². The van der Waals surface area contributed by atoms with Crippen LogP contribution in [0.2, 0.25) is 0 Å². The summed E-state index contributed by atoms with van der Waals surface area (Å²) < 4.78 is 5.15. The van der Waals surface area contributed by atoms with Crippen LogP contribution in [0.3, 0.4) is 0 Å². The van der Waals surface area contributed by atoms with Crippen LogP contribution in [0.5, 0.6) is 5.75 Å². The number of methoxy groups -OCH3 is 1. The third-order valence-electron chi connectivity index (χ3n) is 5.07. The summed E-state index contributed by atoms with van der Waals surface area (Å²) >= 11 is 0. The van der Waals surface area contributed by atoms with E-state index in [2.05, 4.69) is 23.2 Å². The number of rotatable bonds is 6. The summed E-state index contributed by atoms with van der Waals surface area (Å²) in [4.78, 5) is 15.2. The minimum atomic E-state index is -0.0923. The Hall–Kier alpha value is -2.33. The molecule has 0 saturated carbocycles. The van der Waals surface area contributed by atoms with Crippen molar-refractivity contribution in [2.24, 2.45) is 0 Å². The number of benzene rings is 2. The van der Waals surface area contributed by atoms with Gasteiger partial charge < -0.3 is 15.0 Å². The topological polar surface area (TPSA) is 41.6 Å². The summed E-state index contributed by atoms with van der Waals surface area (Å²) in [7, 11) is 1.62. The predicted molar refractivity (Wildman–Crippen MR) is 106 cm³/mol. The minimum absolute atomic E-state index is 0.0923. The van der Waals surface area contributed by atoms with Crippen LogP contribution >= 0.6 is 0 Å². The smallest absolute Gasteiger partial charge is 0.255 e. The molecule has 1 aliphatic heterocycles. The molecule has 26 heavy (non-hydrogen) atoms. The Bertz CT molecular complexity index is 721. The number of likely N-dealkylation sites (tertiary alicyclic amines) is 1. The molecule has 0 unspecified atom stereocenters. The third kappa shape index (κ3) is 4.64. The summed E-state index contributed by atoms with van der Waals surface area (Å²) in [6.45, 7) is 5.65. The molecule has 138 valence electrons. The van der Waals surface area contributed by atoms with Crippen LogP contribution in [0, 0.1) is 0 Å². The Balaban J connectivity index is 1.70. The van der Waals surface area contributed by atoms with Gasteiger partial charge in [0, 0.05) is 17.8 Å². The van der Waals surface area contributed by atoms with Gasteiger partial charge in [-0.2, -0.15) is 0 Å². The second-order valence-electron chi connectivity index (χ2n) is 7.03. The van der Waals surface area contributed by atoms with E-state index in [1.165, 1.54) is 37.9 Å². The maximum absolute atomic E-state index is 12.6. The van der Waals surface area contributed by atoms with Gasteiger partial charge in [-0.15, -0.1) is 0 Å². The molecule has 1 heterocycles. The molecular formula is C22H28N2O2. The number of carbonyl (C=O) groups excluding carboxylic acids is 1. The van der Waals surface area contributed by atoms with Crippen molar-refractivity contribution < 1.29 is 9.53 Å². The molecular weight excluding hydrogens is 324 g/mol. The molecule has 2 aromatic carbocycles. The van der Waals surface area contributed by atoms with Gasteiger partial charge in [0.1, 0.15) is 5.75 Å². The van der Waals surface area contributed by atoms with Gasteiger partial charge in [-0.3, -0.25) is 4.79 Å². The Morgan fingerprint density at radius 3 is 2.46 bits per heavy atom. The van der Waals surface area contributed by atoms with Crippen LogP contribution < -0.4 is 10.1 Å². The van der Waals surface area contributed by atoms with E-state index < -0.39 is 0 Å². The lowest BCUT2D eigenvalue weighted by Gasteiger charge is -2.29. The zero-order valence-electron chi connectivity index (χ0n) is 15.7. The van der Waals surface area contributed by atoms with Crippen molar-refractivity contribution in [2.45, 2.75) is 32.1 Å². The second-order valence-corrected chi connectivity index (χ2v) is 7.03. The molecule has 1 amide bonds. The number of piperidine rings is 1. The van der Waals surface area contributed by atoms with E-state index in [1.54, 1.807) is 31.4 Å². The number of carbonyl (C=O) groups is 1. The Labute approximate surface area is 156 Å². The van der Waals surface area contributed by atoms with Gasteiger partial charge in [0.2, 0.25) is 0 Å². The summed E-state index contributed by atoms with van der Waals surface area (Å²) in [5.74, 6) is 1.03. The average molecular weight is 352 g/mol. The molecule has 1 atom stereocenters. The largest absolute Gasteiger partial charge is 0.497 e. The Morgan fingerprint density at radius 2 is 1.77 bits per heavy atom. The van der Waals surface area contributed by atoms with Crippen LogP contribution in [0.1, 0.15) is 48.0 Å². The van der Waals surface area contributed by atoms with Gasteiger partial charge in [-0.05, 0) is 67.7 Å². The van der Waals surface area contributed by atoms with Crippen molar-refractivity contribution in [1.82, 2.24) is 4.90 Å². The predicted octanol–water partition coefficient (Wildman–Crippen LogP) is 4.54. The molecule has 0 aromatic heterocycles. The molecule has 2 aromatic rings. The number of hydrogen-bond acceptors (Lipinski definition) is 3. The van der Waals surface area contributed by atoms with Crippen molar-refractivity contribution in [3.8, 4) is 5.75 Å². The lowest BCUT2D eigenvalue weighted by molar-refractivity contribution is 0.102. The van der Waals surface area contributed by atoms with Crippen LogP contribution in [0.25, 0.3) is 0 Å². The van der Waals surface area contributed by atoms with E-state index in [0.29, 0.717) is 11.5 Å². The number of amides is 1. The van der Waals surface area contributed by atoms with Crippen LogP contribution in [0.4, 0.5) is 5.69 Å². The SMILES string of the molecule is COc1ccc(C(=O)Nc2ccccc2[C@H](C)CN2CCCCC2)cc1. The molecule has 4 heteroatoms. The first-order valence-corrected chi connectivity index (χ1v) is 9.44. The number of ether oxygens (including phenoxy) is 1. The molecule has 0 spiro atoms. The highest BCUT2D eigenvalue weighted by Gasteiger charge is 2.18.